The van der Waals surface area contributed by atoms with Gasteiger partial charge in [-0.25, -0.2) is 9.97 Å². The second-order valence-electron chi connectivity index (χ2n) is 2.83. The van der Waals surface area contributed by atoms with Crippen LogP contribution in [0.5, 0.6) is 0 Å². The summed E-state index contributed by atoms with van der Waals surface area (Å²) in [6.07, 6.45) is 1.52. The van der Waals surface area contributed by atoms with E-state index in [0.29, 0.717) is 0 Å². The second kappa shape index (κ2) is 4.89. The highest BCUT2D eigenvalue weighted by atomic mass is 127. The van der Waals surface area contributed by atoms with Gasteiger partial charge < -0.3 is 5.32 Å². The average Bonchev–Trinajstić information content (AvgIpc) is 2.22. The number of para-hydroxylation sites is 1. The molecule has 0 unspecified atom stereocenters. The third-order valence-electron chi connectivity index (χ3n) is 1.77. The Labute approximate surface area is 110 Å². The van der Waals surface area contributed by atoms with Gasteiger partial charge in [0, 0.05) is 9.64 Å². The Morgan fingerprint density at radius 2 is 2.00 bits per heavy atom. The van der Waals surface area contributed by atoms with Gasteiger partial charge in [-0.15, -0.1) is 0 Å². The van der Waals surface area contributed by atoms with Gasteiger partial charge in [0.25, 0.3) is 0 Å². The molecule has 2 rings (SSSR count). The number of nitrogens with one attached hydrogen (secondary N) is 1. The molecule has 0 aliphatic rings. The summed E-state index contributed by atoms with van der Waals surface area (Å²) in [5.74, 6) is 0.779. The first-order valence-electron chi connectivity index (χ1n) is 4.25. The molecule has 1 N–H and O–H groups in total. The molecule has 76 valence electrons. The van der Waals surface area contributed by atoms with Crippen LogP contribution in [-0.4, -0.2) is 9.97 Å². The summed E-state index contributed by atoms with van der Waals surface area (Å²) in [6.45, 7) is 0. The van der Waals surface area contributed by atoms with E-state index in [-0.39, 0.29) is 0 Å². The first-order chi connectivity index (χ1) is 7.25. The Hall–Kier alpha value is -0.690. The Morgan fingerprint density at radius 1 is 1.20 bits per heavy atom. The molecule has 0 amide bonds. The molecule has 3 nitrogen and oxygen atoms in total. The summed E-state index contributed by atoms with van der Waals surface area (Å²) in [5.41, 5.74) is 1.05. The van der Waals surface area contributed by atoms with Crippen molar-refractivity contribution >= 4 is 50.0 Å². The fourth-order valence-electron chi connectivity index (χ4n) is 1.10. The van der Waals surface area contributed by atoms with Gasteiger partial charge in [0.2, 0.25) is 0 Å². The van der Waals surface area contributed by atoms with Crippen LogP contribution < -0.4 is 5.32 Å². The maximum absolute atomic E-state index is 4.12. The molecule has 0 radical (unpaired) electrons. The fourth-order valence-corrected chi connectivity index (χ4v) is 1.93. The molecule has 0 spiro atoms. The molecule has 0 atom stereocenters. The Balaban J connectivity index is 2.26. The van der Waals surface area contributed by atoms with Crippen molar-refractivity contribution in [2.75, 3.05) is 5.32 Å². The van der Waals surface area contributed by atoms with E-state index >= 15 is 0 Å². The number of rotatable bonds is 2. The summed E-state index contributed by atoms with van der Waals surface area (Å²) in [7, 11) is 0. The van der Waals surface area contributed by atoms with Crippen molar-refractivity contribution in [3.63, 3.8) is 0 Å². The minimum absolute atomic E-state index is 0.769. The molecule has 15 heavy (non-hydrogen) atoms. The number of anilines is 2. The number of halogens is 2. The van der Waals surface area contributed by atoms with E-state index in [2.05, 4.69) is 53.8 Å². The van der Waals surface area contributed by atoms with E-state index in [1.807, 2.05) is 30.3 Å². The highest BCUT2D eigenvalue weighted by Gasteiger charge is 2.00. The Morgan fingerprint density at radius 3 is 2.73 bits per heavy atom. The lowest BCUT2D eigenvalue weighted by atomic mass is 10.3. The molecule has 5 heteroatoms. The van der Waals surface area contributed by atoms with Crippen LogP contribution in [0.4, 0.5) is 11.5 Å². The standard InChI is InChI=1S/C10H7BrIN3/c11-9-5-10(14-6-13-9)15-8-4-2-1-3-7(8)12/h1-6H,(H,13,14,15). The van der Waals surface area contributed by atoms with Gasteiger partial charge >= 0.3 is 0 Å². The second-order valence-corrected chi connectivity index (χ2v) is 4.81. The van der Waals surface area contributed by atoms with Crippen LogP contribution in [0.1, 0.15) is 0 Å². The lowest BCUT2D eigenvalue weighted by Crippen LogP contribution is -1.95. The van der Waals surface area contributed by atoms with Crippen molar-refractivity contribution in [2.24, 2.45) is 0 Å². The lowest BCUT2D eigenvalue weighted by Gasteiger charge is -2.06. The molecular formula is C10H7BrIN3. The van der Waals surface area contributed by atoms with Gasteiger partial charge in [0.1, 0.15) is 16.7 Å². The maximum Gasteiger partial charge on any atom is 0.134 e. The van der Waals surface area contributed by atoms with Crippen LogP contribution in [0.2, 0.25) is 0 Å². The fraction of sp³-hybridized carbons (Fsp3) is 0. The minimum Gasteiger partial charge on any atom is -0.339 e. The van der Waals surface area contributed by atoms with Crippen LogP contribution in [0, 0.1) is 3.57 Å². The topological polar surface area (TPSA) is 37.8 Å². The summed E-state index contributed by atoms with van der Waals surface area (Å²) in [4.78, 5) is 8.09. The number of aromatic nitrogens is 2. The van der Waals surface area contributed by atoms with Gasteiger partial charge in [0.15, 0.2) is 0 Å². The minimum atomic E-state index is 0.769. The Kier molecular flexibility index (Phi) is 3.53. The number of hydrogen-bond donors (Lipinski definition) is 1. The first kappa shape index (κ1) is 10.8. The van der Waals surface area contributed by atoms with Crippen molar-refractivity contribution in [1.29, 1.82) is 0 Å². The third kappa shape index (κ3) is 2.88. The predicted molar refractivity (Wildman–Crippen MR) is 72.2 cm³/mol. The number of benzene rings is 1. The summed E-state index contributed by atoms with van der Waals surface area (Å²) >= 11 is 5.58. The molecule has 1 heterocycles. The lowest BCUT2D eigenvalue weighted by molar-refractivity contribution is 1.14. The molecular weight excluding hydrogens is 369 g/mol. The molecule has 0 bridgehead atoms. The maximum atomic E-state index is 4.12. The van der Waals surface area contributed by atoms with Gasteiger partial charge in [-0.1, -0.05) is 12.1 Å². The third-order valence-corrected chi connectivity index (χ3v) is 3.14. The van der Waals surface area contributed by atoms with Crippen molar-refractivity contribution < 1.29 is 0 Å². The smallest absolute Gasteiger partial charge is 0.134 e. The molecule has 1 aromatic heterocycles. The van der Waals surface area contributed by atoms with Crippen LogP contribution in [-0.2, 0) is 0 Å². The largest absolute Gasteiger partial charge is 0.339 e. The summed E-state index contributed by atoms with van der Waals surface area (Å²) in [6, 6.07) is 9.88. The van der Waals surface area contributed by atoms with Crippen LogP contribution in [0.3, 0.4) is 0 Å². The highest BCUT2D eigenvalue weighted by molar-refractivity contribution is 14.1. The number of hydrogen-bond acceptors (Lipinski definition) is 3. The quantitative estimate of drug-likeness (QED) is 0.643. The van der Waals surface area contributed by atoms with Gasteiger partial charge in [-0.3, -0.25) is 0 Å². The molecule has 0 saturated carbocycles. The Bertz CT molecular complexity index is 476. The summed E-state index contributed by atoms with van der Waals surface area (Å²) in [5, 5.41) is 3.22. The molecule has 2 aromatic rings. The molecule has 0 aliphatic carbocycles. The summed E-state index contributed by atoms with van der Waals surface area (Å²) < 4.78 is 1.93. The van der Waals surface area contributed by atoms with E-state index in [9.17, 15) is 0 Å². The molecule has 0 fully saturated rings. The van der Waals surface area contributed by atoms with Crippen molar-refractivity contribution in [2.45, 2.75) is 0 Å². The highest BCUT2D eigenvalue weighted by Crippen LogP contribution is 2.21. The van der Waals surface area contributed by atoms with Crippen molar-refractivity contribution in [3.8, 4) is 0 Å². The van der Waals surface area contributed by atoms with Crippen LogP contribution in [0.25, 0.3) is 0 Å². The van der Waals surface area contributed by atoms with E-state index < -0.39 is 0 Å². The van der Waals surface area contributed by atoms with Crippen molar-refractivity contribution in [3.05, 3.63) is 44.8 Å². The average molecular weight is 376 g/mol. The zero-order chi connectivity index (χ0) is 10.7. The molecule has 1 aromatic carbocycles. The van der Waals surface area contributed by atoms with Gasteiger partial charge in [-0.2, -0.15) is 0 Å². The predicted octanol–water partition coefficient (Wildman–Crippen LogP) is 3.59. The monoisotopic (exact) mass is 375 g/mol. The molecule has 0 aliphatic heterocycles. The zero-order valence-corrected chi connectivity index (χ0v) is 11.4. The van der Waals surface area contributed by atoms with Gasteiger partial charge in [-0.05, 0) is 50.7 Å². The molecule has 0 saturated heterocycles. The zero-order valence-electron chi connectivity index (χ0n) is 7.61. The van der Waals surface area contributed by atoms with E-state index in [4.69, 9.17) is 0 Å². The van der Waals surface area contributed by atoms with Crippen LogP contribution >= 0.6 is 38.5 Å². The van der Waals surface area contributed by atoms with Crippen molar-refractivity contribution in [1.82, 2.24) is 9.97 Å². The van der Waals surface area contributed by atoms with E-state index in [1.165, 1.54) is 6.33 Å². The number of nitrogens with zero attached hydrogens (tertiary/aromatic N) is 2. The van der Waals surface area contributed by atoms with Crippen LogP contribution in [0.15, 0.2) is 41.3 Å². The normalized spacial score (nSPS) is 10.0. The van der Waals surface area contributed by atoms with E-state index in [1.54, 1.807) is 0 Å². The van der Waals surface area contributed by atoms with E-state index in [0.717, 1.165) is 19.7 Å². The van der Waals surface area contributed by atoms with Gasteiger partial charge in [0.05, 0.1) is 5.69 Å². The SMILES string of the molecule is Brc1cc(Nc2ccccc2I)ncn1. The first-order valence-corrected chi connectivity index (χ1v) is 6.12.